The quantitative estimate of drug-likeness (QED) is 0.680. The minimum atomic E-state index is -0.265. The molecule has 0 aliphatic heterocycles. The van der Waals surface area contributed by atoms with Crippen LogP contribution in [0, 0.1) is 12.8 Å². The van der Waals surface area contributed by atoms with Gasteiger partial charge in [-0.05, 0) is 50.3 Å². The Morgan fingerprint density at radius 3 is 3.12 bits per heavy atom. The molecule has 0 fully saturated rings. The molecule has 1 N–H and O–H groups in total. The van der Waals surface area contributed by atoms with Gasteiger partial charge in [-0.1, -0.05) is 18.5 Å². The van der Waals surface area contributed by atoms with E-state index in [9.17, 15) is 4.79 Å². The second kappa shape index (κ2) is 5.90. The maximum absolute atomic E-state index is 12.6. The first kappa shape index (κ1) is 15.7. The predicted molar refractivity (Wildman–Crippen MR) is 97.2 cm³/mol. The third-order valence-corrected chi connectivity index (χ3v) is 5.78. The van der Waals surface area contributed by atoms with Gasteiger partial charge in [0.15, 0.2) is 10.9 Å². The minimum Gasteiger partial charge on any atom is -0.451 e. The first-order valence-electron chi connectivity index (χ1n) is 8.00. The van der Waals surface area contributed by atoms with Crippen LogP contribution in [0.25, 0.3) is 11.0 Å². The lowest BCUT2D eigenvalue weighted by Gasteiger charge is -2.15. The summed E-state index contributed by atoms with van der Waals surface area (Å²) in [5, 5.41) is 5.02. The van der Waals surface area contributed by atoms with Gasteiger partial charge in [0, 0.05) is 20.8 Å². The van der Waals surface area contributed by atoms with Crippen LogP contribution in [0.4, 0.5) is 5.13 Å². The van der Waals surface area contributed by atoms with Crippen molar-refractivity contribution in [3.8, 4) is 0 Å². The Hall–Kier alpha value is -1.85. The normalized spacial score (nSPS) is 17.0. The summed E-state index contributed by atoms with van der Waals surface area (Å²) in [4.78, 5) is 18.5. The van der Waals surface area contributed by atoms with Gasteiger partial charge in [-0.15, -0.1) is 11.3 Å². The summed E-state index contributed by atoms with van der Waals surface area (Å²) >= 11 is 7.60. The van der Waals surface area contributed by atoms with Gasteiger partial charge in [0.05, 0.1) is 5.69 Å². The van der Waals surface area contributed by atoms with Crippen LogP contribution in [0.15, 0.2) is 22.6 Å². The number of rotatable bonds is 2. The fourth-order valence-corrected chi connectivity index (χ4v) is 4.50. The molecular formula is C18H17ClN2O2S. The molecule has 3 aromatic rings. The maximum atomic E-state index is 12.6. The molecule has 0 saturated carbocycles. The molecular weight excluding hydrogens is 344 g/mol. The van der Waals surface area contributed by atoms with Crippen LogP contribution < -0.4 is 5.32 Å². The third kappa shape index (κ3) is 2.72. The van der Waals surface area contributed by atoms with E-state index in [1.165, 1.54) is 4.88 Å². The Labute approximate surface area is 148 Å². The number of aromatic nitrogens is 1. The van der Waals surface area contributed by atoms with E-state index in [2.05, 4.69) is 17.2 Å². The third-order valence-electron chi connectivity index (χ3n) is 4.51. The molecule has 124 valence electrons. The summed E-state index contributed by atoms with van der Waals surface area (Å²) in [6, 6.07) is 5.35. The Kier molecular flexibility index (Phi) is 3.85. The number of furan rings is 1. The maximum Gasteiger partial charge on any atom is 0.293 e. The summed E-state index contributed by atoms with van der Waals surface area (Å²) in [5.41, 5.74) is 2.58. The molecule has 1 aliphatic rings. The van der Waals surface area contributed by atoms with E-state index in [1.807, 2.05) is 13.0 Å². The van der Waals surface area contributed by atoms with Crippen LogP contribution in [-0.4, -0.2) is 10.9 Å². The summed E-state index contributed by atoms with van der Waals surface area (Å²) in [7, 11) is 0. The first-order chi connectivity index (χ1) is 11.5. The number of halogens is 1. The lowest BCUT2D eigenvalue weighted by atomic mass is 9.93. The van der Waals surface area contributed by atoms with Crippen molar-refractivity contribution in [1.82, 2.24) is 4.98 Å². The summed E-state index contributed by atoms with van der Waals surface area (Å²) in [6.07, 6.45) is 3.20. The SMILES string of the molecule is Cc1c(C(=O)Nc2nc3c(s2)C[C@@H](C)CC3)oc2ccc(Cl)cc12. The van der Waals surface area contributed by atoms with Crippen LogP contribution in [0.1, 0.15) is 40.0 Å². The first-order valence-corrected chi connectivity index (χ1v) is 9.19. The minimum absolute atomic E-state index is 0.265. The van der Waals surface area contributed by atoms with Gasteiger partial charge in [-0.25, -0.2) is 4.98 Å². The van der Waals surface area contributed by atoms with Crippen LogP contribution in [0.2, 0.25) is 5.02 Å². The van der Waals surface area contributed by atoms with Crippen molar-refractivity contribution < 1.29 is 9.21 Å². The number of nitrogens with one attached hydrogen (secondary N) is 1. The van der Waals surface area contributed by atoms with Crippen molar-refractivity contribution in [2.45, 2.75) is 33.1 Å². The lowest BCUT2D eigenvalue weighted by molar-refractivity contribution is 0.0998. The average molecular weight is 361 g/mol. The van der Waals surface area contributed by atoms with Crippen molar-refractivity contribution in [3.63, 3.8) is 0 Å². The van der Waals surface area contributed by atoms with Gasteiger partial charge >= 0.3 is 0 Å². The standard InChI is InChI=1S/C18H17ClN2O2S/c1-9-3-5-13-15(7-9)24-18(20-13)21-17(22)16-10(2)12-8-11(19)4-6-14(12)23-16/h4,6,8-9H,3,5,7H2,1-2H3,(H,20,21,22)/t9-/m0/s1. The van der Waals surface area contributed by atoms with Crippen molar-refractivity contribution in [2.75, 3.05) is 5.32 Å². The van der Waals surface area contributed by atoms with Gasteiger partial charge in [0.2, 0.25) is 0 Å². The number of carbonyl (C=O) groups is 1. The molecule has 0 saturated heterocycles. The van der Waals surface area contributed by atoms with E-state index in [-0.39, 0.29) is 5.91 Å². The van der Waals surface area contributed by atoms with Gasteiger partial charge in [0.25, 0.3) is 5.91 Å². The Bertz CT molecular complexity index is 944. The number of carbonyl (C=O) groups excluding carboxylic acids is 1. The molecule has 0 spiro atoms. The summed E-state index contributed by atoms with van der Waals surface area (Å²) < 4.78 is 5.71. The zero-order chi connectivity index (χ0) is 16.8. The Balaban J connectivity index is 1.62. The van der Waals surface area contributed by atoms with Crippen LogP contribution >= 0.6 is 22.9 Å². The summed E-state index contributed by atoms with van der Waals surface area (Å²) in [6.45, 7) is 4.12. The number of hydrogen-bond donors (Lipinski definition) is 1. The average Bonchev–Trinajstić information content (AvgIpc) is 3.08. The predicted octanol–water partition coefficient (Wildman–Crippen LogP) is 5.23. The largest absolute Gasteiger partial charge is 0.451 e. The van der Waals surface area contributed by atoms with Gasteiger partial charge in [-0.2, -0.15) is 0 Å². The molecule has 0 radical (unpaired) electrons. The molecule has 6 heteroatoms. The van der Waals surface area contributed by atoms with E-state index < -0.39 is 0 Å². The number of thiazole rings is 1. The van der Waals surface area contributed by atoms with E-state index in [0.717, 1.165) is 35.9 Å². The monoisotopic (exact) mass is 360 g/mol. The van der Waals surface area contributed by atoms with Gasteiger partial charge in [0.1, 0.15) is 5.58 Å². The van der Waals surface area contributed by atoms with E-state index in [1.54, 1.807) is 23.5 Å². The number of anilines is 1. The molecule has 1 atom stereocenters. The Morgan fingerprint density at radius 2 is 2.29 bits per heavy atom. The van der Waals surface area contributed by atoms with E-state index in [4.69, 9.17) is 16.0 Å². The van der Waals surface area contributed by atoms with Crippen LogP contribution in [0.5, 0.6) is 0 Å². The number of benzene rings is 1. The molecule has 4 nitrogen and oxygen atoms in total. The summed E-state index contributed by atoms with van der Waals surface area (Å²) in [5.74, 6) is 0.733. The van der Waals surface area contributed by atoms with E-state index >= 15 is 0 Å². The number of fused-ring (bicyclic) bond motifs is 2. The molecule has 2 aromatic heterocycles. The van der Waals surface area contributed by atoms with Crippen molar-refractivity contribution in [1.29, 1.82) is 0 Å². The highest BCUT2D eigenvalue weighted by atomic mass is 35.5. The van der Waals surface area contributed by atoms with Crippen molar-refractivity contribution >= 4 is 44.9 Å². The Morgan fingerprint density at radius 1 is 1.46 bits per heavy atom. The molecule has 0 bridgehead atoms. The number of aryl methyl sites for hydroxylation is 2. The van der Waals surface area contributed by atoms with Crippen LogP contribution in [-0.2, 0) is 12.8 Å². The zero-order valence-corrected chi connectivity index (χ0v) is 15.1. The second-order valence-corrected chi connectivity index (χ2v) is 7.91. The molecule has 2 heterocycles. The highest BCUT2D eigenvalue weighted by Crippen LogP contribution is 2.33. The number of hydrogen-bond acceptors (Lipinski definition) is 4. The van der Waals surface area contributed by atoms with Gasteiger partial charge < -0.3 is 4.42 Å². The van der Waals surface area contributed by atoms with Crippen LogP contribution in [0.3, 0.4) is 0 Å². The molecule has 1 aliphatic carbocycles. The molecule has 4 rings (SSSR count). The fourth-order valence-electron chi connectivity index (χ4n) is 3.16. The second-order valence-electron chi connectivity index (χ2n) is 6.39. The van der Waals surface area contributed by atoms with Crippen molar-refractivity contribution in [2.24, 2.45) is 5.92 Å². The number of amides is 1. The molecule has 0 unspecified atom stereocenters. The fraction of sp³-hybridized carbons (Fsp3) is 0.333. The lowest BCUT2D eigenvalue weighted by Crippen LogP contribution is -2.12. The highest BCUT2D eigenvalue weighted by molar-refractivity contribution is 7.15. The highest BCUT2D eigenvalue weighted by Gasteiger charge is 2.23. The zero-order valence-electron chi connectivity index (χ0n) is 13.5. The van der Waals surface area contributed by atoms with Crippen molar-refractivity contribution in [3.05, 3.63) is 45.1 Å². The van der Waals surface area contributed by atoms with E-state index in [0.29, 0.717) is 27.4 Å². The molecule has 1 amide bonds. The number of nitrogens with zero attached hydrogens (tertiary/aromatic N) is 1. The molecule has 1 aromatic carbocycles. The van der Waals surface area contributed by atoms with Gasteiger partial charge in [-0.3, -0.25) is 10.1 Å². The smallest absolute Gasteiger partial charge is 0.293 e. The topological polar surface area (TPSA) is 55.1 Å². The molecule has 24 heavy (non-hydrogen) atoms.